The summed E-state index contributed by atoms with van der Waals surface area (Å²) in [7, 11) is 4.03. The van der Waals surface area contributed by atoms with Gasteiger partial charge >= 0.3 is 0 Å². The molecule has 0 radical (unpaired) electrons. The van der Waals surface area contributed by atoms with E-state index in [4.69, 9.17) is 10.00 Å². The van der Waals surface area contributed by atoms with Gasteiger partial charge in [0.15, 0.2) is 0 Å². The van der Waals surface area contributed by atoms with E-state index in [0.29, 0.717) is 6.61 Å². The second kappa shape index (κ2) is 7.04. The third-order valence-corrected chi connectivity index (χ3v) is 3.10. The summed E-state index contributed by atoms with van der Waals surface area (Å²) in [5, 5.41) is 8.93. The van der Waals surface area contributed by atoms with Gasteiger partial charge in [-0.2, -0.15) is 5.26 Å². The van der Waals surface area contributed by atoms with E-state index < -0.39 is 0 Å². The minimum Gasteiger partial charge on any atom is -0.494 e. The molecule has 0 unspecified atom stereocenters. The van der Waals surface area contributed by atoms with Crippen molar-refractivity contribution in [3.63, 3.8) is 0 Å². The van der Waals surface area contributed by atoms with E-state index in [9.17, 15) is 0 Å². The molecule has 0 bridgehead atoms. The summed E-state index contributed by atoms with van der Waals surface area (Å²) in [5.41, 5.74) is 0.924. The topological polar surface area (TPSA) is 36.3 Å². The van der Waals surface area contributed by atoms with Crippen LogP contribution in [0.15, 0.2) is 24.3 Å². The SMILES string of the molecule is CN(C)c1cccc(OCCCCC(C)(C)C#N)c1. The molecule has 0 aliphatic carbocycles. The van der Waals surface area contributed by atoms with E-state index >= 15 is 0 Å². The fraction of sp³-hybridized carbons (Fsp3) is 0.562. The molecule has 1 rings (SSSR count). The van der Waals surface area contributed by atoms with E-state index in [2.05, 4.69) is 17.0 Å². The summed E-state index contributed by atoms with van der Waals surface area (Å²) >= 11 is 0. The lowest BCUT2D eigenvalue weighted by molar-refractivity contribution is 0.295. The molecule has 0 saturated heterocycles. The number of nitriles is 1. The van der Waals surface area contributed by atoms with Gasteiger partial charge in [-0.3, -0.25) is 0 Å². The van der Waals surface area contributed by atoms with Crippen LogP contribution in [0.2, 0.25) is 0 Å². The highest BCUT2D eigenvalue weighted by Crippen LogP contribution is 2.22. The zero-order valence-electron chi connectivity index (χ0n) is 12.4. The van der Waals surface area contributed by atoms with Crippen LogP contribution < -0.4 is 9.64 Å². The zero-order chi connectivity index (χ0) is 14.3. The average Bonchev–Trinajstić information content (AvgIpc) is 2.38. The summed E-state index contributed by atoms with van der Waals surface area (Å²) in [6.07, 6.45) is 2.93. The second-order valence-electron chi connectivity index (χ2n) is 5.69. The van der Waals surface area contributed by atoms with Crippen LogP contribution in [-0.2, 0) is 0 Å². The maximum Gasteiger partial charge on any atom is 0.121 e. The third kappa shape index (κ3) is 5.65. The Bertz CT molecular complexity index is 433. The molecule has 0 atom stereocenters. The Morgan fingerprint density at radius 3 is 2.63 bits per heavy atom. The maximum atomic E-state index is 8.93. The molecule has 0 aromatic heterocycles. The maximum absolute atomic E-state index is 8.93. The first-order chi connectivity index (χ1) is 8.94. The van der Waals surface area contributed by atoms with Gasteiger partial charge in [-0.05, 0) is 45.2 Å². The molecule has 0 fully saturated rings. The summed E-state index contributed by atoms with van der Waals surface area (Å²) in [6.45, 7) is 4.67. The van der Waals surface area contributed by atoms with Crippen molar-refractivity contribution >= 4 is 5.69 Å². The van der Waals surface area contributed by atoms with Gasteiger partial charge in [0.25, 0.3) is 0 Å². The fourth-order valence-corrected chi connectivity index (χ4v) is 1.77. The number of hydrogen-bond donors (Lipinski definition) is 0. The Morgan fingerprint density at radius 1 is 1.26 bits per heavy atom. The normalized spacial score (nSPS) is 10.9. The van der Waals surface area contributed by atoms with Gasteiger partial charge in [-0.25, -0.2) is 0 Å². The highest BCUT2D eigenvalue weighted by Gasteiger charge is 2.15. The molecule has 1 aromatic rings. The van der Waals surface area contributed by atoms with Gasteiger partial charge in [0, 0.05) is 25.8 Å². The van der Waals surface area contributed by atoms with Crippen LogP contribution in [-0.4, -0.2) is 20.7 Å². The molecule has 3 heteroatoms. The highest BCUT2D eigenvalue weighted by molar-refractivity contribution is 5.49. The molecule has 0 spiro atoms. The number of unbranched alkanes of at least 4 members (excludes halogenated alkanes) is 1. The van der Waals surface area contributed by atoms with Gasteiger partial charge in [0.05, 0.1) is 18.1 Å². The van der Waals surface area contributed by atoms with Crippen molar-refractivity contribution in [2.24, 2.45) is 5.41 Å². The Labute approximate surface area is 116 Å². The lowest BCUT2D eigenvalue weighted by atomic mass is 9.89. The smallest absolute Gasteiger partial charge is 0.121 e. The second-order valence-corrected chi connectivity index (χ2v) is 5.69. The van der Waals surface area contributed by atoms with Crippen LogP contribution >= 0.6 is 0 Å². The van der Waals surface area contributed by atoms with Gasteiger partial charge in [0.2, 0.25) is 0 Å². The van der Waals surface area contributed by atoms with Gasteiger partial charge < -0.3 is 9.64 Å². The molecule has 0 aliphatic rings. The summed E-state index contributed by atoms with van der Waals surface area (Å²) in [5.74, 6) is 0.908. The molecule has 3 nitrogen and oxygen atoms in total. The minimum atomic E-state index is -0.217. The first kappa shape index (κ1) is 15.4. The molecule has 0 amide bonds. The number of nitrogens with zero attached hydrogens (tertiary/aromatic N) is 2. The van der Waals surface area contributed by atoms with Crippen LogP contribution in [0.5, 0.6) is 5.75 Å². The van der Waals surface area contributed by atoms with Gasteiger partial charge in [-0.1, -0.05) is 6.07 Å². The molecule has 0 heterocycles. The predicted octanol–water partition coefficient (Wildman–Crippen LogP) is 3.85. The lowest BCUT2D eigenvalue weighted by Crippen LogP contribution is -2.09. The summed E-state index contributed by atoms with van der Waals surface area (Å²) < 4.78 is 5.74. The monoisotopic (exact) mass is 260 g/mol. The van der Waals surface area contributed by atoms with Crippen molar-refractivity contribution in [3.05, 3.63) is 24.3 Å². The Morgan fingerprint density at radius 2 is 2.00 bits per heavy atom. The van der Waals surface area contributed by atoms with Crippen LogP contribution in [0.1, 0.15) is 33.1 Å². The molecule has 1 aromatic carbocycles. The lowest BCUT2D eigenvalue weighted by Gasteiger charge is -2.15. The van der Waals surface area contributed by atoms with Crippen molar-refractivity contribution in [1.82, 2.24) is 0 Å². The Hall–Kier alpha value is -1.69. The number of anilines is 1. The van der Waals surface area contributed by atoms with Gasteiger partial charge in [-0.15, -0.1) is 0 Å². The first-order valence-electron chi connectivity index (χ1n) is 6.76. The Balaban J connectivity index is 2.30. The highest BCUT2D eigenvalue weighted by atomic mass is 16.5. The van der Waals surface area contributed by atoms with E-state index in [0.717, 1.165) is 30.7 Å². The van der Waals surface area contributed by atoms with Crippen molar-refractivity contribution in [2.75, 3.05) is 25.6 Å². The largest absolute Gasteiger partial charge is 0.494 e. The Kier molecular flexibility index (Phi) is 5.69. The van der Waals surface area contributed by atoms with Crippen LogP contribution in [0.25, 0.3) is 0 Å². The van der Waals surface area contributed by atoms with Crippen molar-refractivity contribution in [1.29, 1.82) is 5.26 Å². The van der Waals surface area contributed by atoms with Crippen molar-refractivity contribution in [2.45, 2.75) is 33.1 Å². The molecular formula is C16H24N2O. The fourth-order valence-electron chi connectivity index (χ4n) is 1.77. The standard InChI is InChI=1S/C16H24N2O/c1-16(2,13-17)10-5-6-11-19-15-9-7-8-14(12-15)18(3)4/h7-9,12H,5-6,10-11H2,1-4H3. The van der Waals surface area contributed by atoms with Crippen LogP contribution in [0, 0.1) is 16.7 Å². The minimum absolute atomic E-state index is 0.217. The van der Waals surface area contributed by atoms with E-state index in [-0.39, 0.29) is 5.41 Å². The predicted molar refractivity (Wildman–Crippen MR) is 79.5 cm³/mol. The summed E-state index contributed by atoms with van der Waals surface area (Å²) in [4.78, 5) is 2.06. The van der Waals surface area contributed by atoms with E-state index in [1.807, 2.05) is 46.1 Å². The van der Waals surface area contributed by atoms with Gasteiger partial charge in [0.1, 0.15) is 5.75 Å². The molecule has 104 valence electrons. The quantitative estimate of drug-likeness (QED) is 0.699. The number of hydrogen-bond acceptors (Lipinski definition) is 3. The van der Waals surface area contributed by atoms with Crippen molar-refractivity contribution < 1.29 is 4.74 Å². The number of benzene rings is 1. The molecule has 0 saturated carbocycles. The van der Waals surface area contributed by atoms with Crippen molar-refractivity contribution in [3.8, 4) is 11.8 Å². The molecule has 0 N–H and O–H groups in total. The summed E-state index contributed by atoms with van der Waals surface area (Å²) in [6, 6.07) is 10.4. The average molecular weight is 260 g/mol. The van der Waals surface area contributed by atoms with E-state index in [1.54, 1.807) is 0 Å². The van der Waals surface area contributed by atoms with Crippen LogP contribution in [0.3, 0.4) is 0 Å². The number of rotatable bonds is 7. The first-order valence-corrected chi connectivity index (χ1v) is 6.76. The zero-order valence-corrected chi connectivity index (χ0v) is 12.4. The van der Waals surface area contributed by atoms with Crippen LogP contribution in [0.4, 0.5) is 5.69 Å². The molecular weight excluding hydrogens is 236 g/mol. The third-order valence-electron chi connectivity index (χ3n) is 3.10. The van der Waals surface area contributed by atoms with E-state index in [1.165, 1.54) is 0 Å². The molecule has 0 aliphatic heterocycles. The number of ether oxygens (including phenoxy) is 1. The molecule has 19 heavy (non-hydrogen) atoms.